The Hall–Kier alpha value is -3.11. The Labute approximate surface area is 188 Å². The number of H-pyrrole nitrogens is 1. The number of hydrogen-bond donors (Lipinski definition) is 2. The van der Waals surface area contributed by atoms with Gasteiger partial charge in [0.2, 0.25) is 5.91 Å². The molecule has 1 unspecified atom stereocenters. The molecule has 4 rings (SSSR count). The van der Waals surface area contributed by atoms with Crippen LogP contribution in [-0.2, 0) is 11.0 Å². The Bertz CT molecular complexity index is 1330. The van der Waals surface area contributed by atoms with Gasteiger partial charge in [0.15, 0.2) is 5.16 Å². The topological polar surface area (TPSA) is 74.8 Å². The van der Waals surface area contributed by atoms with Gasteiger partial charge in [0.1, 0.15) is 4.83 Å². The second-order valence-electron chi connectivity index (χ2n) is 6.86. The molecule has 0 spiro atoms. The first-order chi connectivity index (χ1) is 15.2. The van der Waals surface area contributed by atoms with Gasteiger partial charge in [-0.1, -0.05) is 54.2 Å². The van der Waals surface area contributed by atoms with Crippen LogP contribution in [0.4, 0.5) is 18.9 Å². The van der Waals surface area contributed by atoms with Gasteiger partial charge >= 0.3 is 6.18 Å². The number of rotatable bonds is 5. The zero-order valence-electron chi connectivity index (χ0n) is 16.6. The minimum absolute atomic E-state index is 0.218. The van der Waals surface area contributed by atoms with Crippen molar-refractivity contribution in [3.8, 4) is 11.1 Å². The van der Waals surface area contributed by atoms with E-state index in [1.807, 2.05) is 35.7 Å². The highest BCUT2D eigenvalue weighted by atomic mass is 32.2. The third-order valence-corrected chi connectivity index (χ3v) is 6.51. The SMILES string of the molecule is CC(Sc1nc2scc(-c3ccccc3)c2c(=O)[nH]1)C(=O)Nc1ccccc1C(F)(F)F. The van der Waals surface area contributed by atoms with Crippen LogP contribution in [-0.4, -0.2) is 21.1 Å². The number of para-hydroxylation sites is 1. The number of nitrogens with one attached hydrogen (secondary N) is 2. The molecule has 0 saturated carbocycles. The predicted molar refractivity (Wildman–Crippen MR) is 121 cm³/mol. The molecule has 0 bridgehead atoms. The van der Waals surface area contributed by atoms with Crippen molar-refractivity contribution in [3.05, 3.63) is 75.9 Å². The Kier molecular flexibility index (Phi) is 6.07. The van der Waals surface area contributed by atoms with E-state index in [-0.39, 0.29) is 16.4 Å². The molecule has 2 aromatic heterocycles. The molecule has 0 fully saturated rings. The van der Waals surface area contributed by atoms with Crippen molar-refractivity contribution >= 4 is 44.9 Å². The Morgan fingerprint density at radius 3 is 2.53 bits per heavy atom. The summed E-state index contributed by atoms with van der Waals surface area (Å²) in [7, 11) is 0. The second-order valence-corrected chi connectivity index (χ2v) is 9.05. The van der Waals surface area contributed by atoms with Crippen molar-refractivity contribution in [2.45, 2.75) is 23.5 Å². The average molecular weight is 476 g/mol. The van der Waals surface area contributed by atoms with Crippen molar-refractivity contribution in [2.75, 3.05) is 5.32 Å². The van der Waals surface area contributed by atoms with Crippen molar-refractivity contribution in [2.24, 2.45) is 0 Å². The summed E-state index contributed by atoms with van der Waals surface area (Å²) in [4.78, 5) is 32.9. The van der Waals surface area contributed by atoms with Crippen LogP contribution in [0.3, 0.4) is 0 Å². The third-order valence-electron chi connectivity index (χ3n) is 4.65. The highest BCUT2D eigenvalue weighted by molar-refractivity contribution is 8.00. The molecule has 2 N–H and O–H groups in total. The number of nitrogens with zero attached hydrogens (tertiary/aromatic N) is 1. The normalized spacial score (nSPS) is 12.6. The number of carbonyl (C=O) groups excluding carboxylic acids is 1. The van der Waals surface area contributed by atoms with Crippen molar-refractivity contribution in [3.63, 3.8) is 0 Å². The maximum Gasteiger partial charge on any atom is 0.418 e. The van der Waals surface area contributed by atoms with Gasteiger partial charge in [0.05, 0.1) is 21.9 Å². The van der Waals surface area contributed by atoms with Crippen LogP contribution in [0.5, 0.6) is 0 Å². The molecule has 0 aliphatic heterocycles. The smallest absolute Gasteiger partial charge is 0.325 e. The summed E-state index contributed by atoms with van der Waals surface area (Å²) in [6.45, 7) is 1.53. The number of amides is 1. The van der Waals surface area contributed by atoms with Gasteiger partial charge in [-0.05, 0) is 24.6 Å². The fourth-order valence-corrected chi connectivity index (χ4v) is 4.91. The number of alkyl halides is 3. The summed E-state index contributed by atoms with van der Waals surface area (Å²) in [6, 6.07) is 14.2. The molecule has 0 aliphatic carbocycles. The molecular weight excluding hydrogens is 459 g/mol. The zero-order valence-corrected chi connectivity index (χ0v) is 18.2. The quantitative estimate of drug-likeness (QED) is 0.283. The van der Waals surface area contributed by atoms with Crippen LogP contribution in [0.15, 0.2) is 69.9 Å². The maximum atomic E-state index is 13.2. The lowest BCUT2D eigenvalue weighted by atomic mass is 10.1. The first-order valence-corrected chi connectivity index (χ1v) is 11.2. The summed E-state index contributed by atoms with van der Waals surface area (Å²) in [6.07, 6.45) is -4.59. The van der Waals surface area contributed by atoms with Gasteiger partial charge < -0.3 is 10.3 Å². The van der Waals surface area contributed by atoms with Crippen molar-refractivity contribution in [1.29, 1.82) is 0 Å². The molecule has 4 aromatic rings. The first-order valence-electron chi connectivity index (χ1n) is 9.44. The predicted octanol–water partition coefficient (Wildman–Crippen LogP) is 5.79. The van der Waals surface area contributed by atoms with Gasteiger partial charge in [-0.2, -0.15) is 13.2 Å². The maximum absolute atomic E-state index is 13.2. The Balaban J connectivity index is 1.55. The molecule has 5 nitrogen and oxygen atoms in total. The van der Waals surface area contributed by atoms with E-state index < -0.39 is 22.9 Å². The van der Waals surface area contributed by atoms with Crippen molar-refractivity contribution in [1.82, 2.24) is 9.97 Å². The number of aromatic nitrogens is 2. The molecule has 1 atom stereocenters. The molecule has 0 radical (unpaired) electrons. The van der Waals surface area contributed by atoms with Gasteiger partial charge in [-0.25, -0.2) is 4.98 Å². The molecule has 10 heteroatoms. The highest BCUT2D eigenvalue weighted by Gasteiger charge is 2.34. The number of halogens is 3. The summed E-state index contributed by atoms with van der Waals surface area (Å²) >= 11 is 2.27. The van der Waals surface area contributed by atoms with Gasteiger partial charge in [-0.15, -0.1) is 11.3 Å². The number of hydrogen-bond acceptors (Lipinski definition) is 5. The van der Waals surface area contributed by atoms with Crippen LogP contribution in [0.2, 0.25) is 0 Å². The van der Waals surface area contributed by atoms with Gasteiger partial charge in [0, 0.05) is 10.9 Å². The van der Waals surface area contributed by atoms with Crippen molar-refractivity contribution < 1.29 is 18.0 Å². The number of fused-ring (bicyclic) bond motifs is 1. The Morgan fingerprint density at radius 1 is 1.12 bits per heavy atom. The lowest BCUT2D eigenvalue weighted by Gasteiger charge is -2.16. The number of thiophene rings is 1. The molecule has 0 aliphatic rings. The van der Waals surface area contributed by atoms with E-state index in [1.165, 1.54) is 36.5 Å². The highest BCUT2D eigenvalue weighted by Crippen LogP contribution is 2.35. The van der Waals surface area contributed by atoms with Crippen LogP contribution in [0.25, 0.3) is 21.3 Å². The van der Waals surface area contributed by atoms with E-state index in [9.17, 15) is 22.8 Å². The summed E-state index contributed by atoms with van der Waals surface area (Å²) < 4.78 is 39.5. The molecule has 32 heavy (non-hydrogen) atoms. The summed E-state index contributed by atoms with van der Waals surface area (Å²) in [5.74, 6) is -0.634. The molecular formula is C22H16F3N3O2S2. The number of benzene rings is 2. The monoisotopic (exact) mass is 475 g/mol. The van der Waals surface area contributed by atoms with E-state index in [0.717, 1.165) is 29.0 Å². The largest absolute Gasteiger partial charge is 0.418 e. The van der Waals surface area contributed by atoms with E-state index in [2.05, 4.69) is 15.3 Å². The Morgan fingerprint density at radius 2 is 1.81 bits per heavy atom. The third kappa shape index (κ3) is 4.56. The van der Waals surface area contributed by atoms with Crippen LogP contribution >= 0.6 is 23.1 Å². The molecule has 2 aromatic carbocycles. The van der Waals surface area contributed by atoms with E-state index in [4.69, 9.17) is 0 Å². The van der Waals surface area contributed by atoms with Gasteiger partial charge in [-0.3, -0.25) is 9.59 Å². The molecule has 164 valence electrons. The zero-order chi connectivity index (χ0) is 22.9. The number of anilines is 1. The minimum atomic E-state index is -4.59. The van der Waals surface area contributed by atoms with Crippen LogP contribution in [0.1, 0.15) is 12.5 Å². The lowest BCUT2D eigenvalue weighted by Crippen LogP contribution is -2.24. The first kappa shape index (κ1) is 22.1. The summed E-state index contributed by atoms with van der Waals surface area (Å²) in [5.41, 5.74) is 0.0752. The minimum Gasteiger partial charge on any atom is -0.325 e. The summed E-state index contributed by atoms with van der Waals surface area (Å²) in [5, 5.41) is 4.04. The fraction of sp³-hybridized carbons (Fsp3) is 0.136. The molecule has 0 saturated heterocycles. The van der Waals surface area contributed by atoms with Crippen LogP contribution < -0.4 is 10.9 Å². The standard InChI is InChI=1S/C22H16F3N3O2S2/c1-12(18(29)26-16-10-6-5-9-15(16)22(23,24)25)32-21-27-19(30)17-14(11-31-20(17)28-21)13-7-3-2-4-8-13/h2-12H,1H3,(H,26,29)(H,27,28,30). The van der Waals surface area contributed by atoms with Crippen LogP contribution in [0, 0.1) is 0 Å². The number of aromatic amines is 1. The molecule has 2 heterocycles. The second kappa shape index (κ2) is 8.79. The van der Waals surface area contributed by atoms with E-state index >= 15 is 0 Å². The van der Waals surface area contributed by atoms with Gasteiger partial charge in [0.25, 0.3) is 5.56 Å². The number of thioether (sulfide) groups is 1. The number of carbonyl (C=O) groups is 1. The van der Waals surface area contributed by atoms with E-state index in [0.29, 0.717) is 10.2 Å². The fourth-order valence-electron chi connectivity index (χ4n) is 3.11. The average Bonchev–Trinajstić information content (AvgIpc) is 3.18. The molecule has 1 amide bonds. The van der Waals surface area contributed by atoms with E-state index in [1.54, 1.807) is 0 Å². The lowest BCUT2D eigenvalue weighted by molar-refractivity contribution is -0.137.